The SMILES string of the molecule is C=CCn1c(CSc2ccccc2)nnc1SCC(=O)NCCOC. The molecule has 1 aromatic heterocycles. The minimum atomic E-state index is -0.0459. The molecule has 8 heteroatoms. The minimum absolute atomic E-state index is 0.0459. The van der Waals surface area contributed by atoms with Crippen LogP contribution in [0.3, 0.4) is 0 Å². The number of hydrogen-bond donors (Lipinski definition) is 1. The maximum atomic E-state index is 11.8. The van der Waals surface area contributed by atoms with Crippen molar-refractivity contribution in [3.63, 3.8) is 0 Å². The molecule has 0 aliphatic rings. The second kappa shape index (κ2) is 11.0. The van der Waals surface area contributed by atoms with Gasteiger partial charge < -0.3 is 14.6 Å². The number of benzene rings is 1. The fourth-order valence-electron chi connectivity index (χ4n) is 1.98. The third-order valence-electron chi connectivity index (χ3n) is 3.18. The van der Waals surface area contributed by atoms with E-state index in [9.17, 15) is 4.79 Å². The highest BCUT2D eigenvalue weighted by Crippen LogP contribution is 2.24. The molecular weight excluding hydrogens is 356 g/mol. The van der Waals surface area contributed by atoms with Gasteiger partial charge in [0.15, 0.2) is 5.16 Å². The molecule has 134 valence electrons. The summed E-state index contributed by atoms with van der Waals surface area (Å²) in [7, 11) is 1.60. The smallest absolute Gasteiger partial charge is 0.230 e. The summed E-state index contributed by atoms with van der Waals surface area (Å²) >= 11 is 3.08. The molecule has 0 fully saturated rings. The van der Waals surface area contributed by atoms with E-state index in [0.717, 1.165) is 11.0 Å². The average Bonchev–Trinajstić information content (AvgIpc) is 3.01. The highest BCUT2D eigenvalue weighted by atomic mass is 32.2. The highest BCUT2D eigenvalue weighted by molar-refractivity contribution is 7.99. The Morgan fingerprint density at radius 2 is 2.12 bits per heavy atom. The molecule has 0 atom stereocenters. The molecule has 1 N–H and O–H groups in total. The van der Waals surface area contributed by atoms with Gasteiger partial charge in [-0.1, -0.05) is 36.0 Å². The van der Waals surface area contributed by atoms with Crippen molar-refractivity contribution in [3.05, 3.63) is 48.8 Å². The van der Waals surface area contributed by atoms with Crippen LogP contribution in [0.5, 0.6) is 0 Å². The van der Waals surface area contributed by atoms with Crippen LogP contribution in [-0.2, 0) is 21.8 Å². The fraction of sp³-hybridized carbons (Fsp3) is 0.353. The summed E-state index contributed by atoms with van der Waals surface area (Å²) in [5.74, 6) is 1.84. The van der Waals surface area contributed by atoms with Crippen LogP contribution in [0.25, 0.3) is 0 Å². The molecule has 6 nitrogen and oxygen atoms in total. The van der Waals surface area contributed by atoms with Crippen molar-refractivity contribution < 1.29 is 9.53 Å². The van der Waals surface area contributed by atoms with Crippen LogP contribution in [0, 0.1) is 0 Å². The number of nitrogens with one attached hydrogen (secondary N) is 1. The van der Waals surface area contributed by atoms with Crippen LogP contribution in [0.4, 0.5) is 0 Å². The maximum absolute atomic E-state index is 11.8. The lowest BCUT2D eigenvalue weighted by Gasteiger charge is -2.08. The van der Waals surface area contributed by atoms with E-state index in [1.807, 2.05) is 28.8 Å². The molecule has 0 saturated carbocycles. The van der Waals surface area contributed by atoms with Gasteiger partial charge in [0.25, 0.3) is 0 Å². The van der Waals surface area contributed by atoms with Gasteiger partial charge in [0.1, 0.15) is 5.82 Å². The van der Waals surface area contributed by atoms with Gasteiger partial charge in [0.05, 0.1) is 18.1 Å². The van der Waals surface area contributed by atoms with Crippen molar-refractivity contribution in [1.82, 2.24) is 20.1 Å². The van der Waals surface area contributed by atoms with Crippen molar-refractivity contribution in [2.24, 2.45) is 0 Å². The van der Waals surface area contributed by atoms with Gasteiger partial charge in [0.2, 0.25) is 5.91 Å². The first-order valence-corrected chi connectivity index (χ1v) is 9.81. The molecule has 1 heterocycles. The molecule has 2 rings (SSSR count). The molecule has 1 amide bonds. The van der Waals surface area contributed by atoms with E-state index in [1.165, 1.54) is 16.7 Å². The van der Waals surface area contributed by atoms with Crippen molar-refractivity contribution in [3.8, 4) is 0 Å². The quantitative estimate of drug-likeness (QED) is 0.368. The first kappa shape index (κ1) is 19.6. The number of methoxy groups -OCH3 is 1. The first-order chi connectivity index (χ1) is 12.2. The zero-order valence-electron chi connectivity index (χ0n) is 14.2. The minimum Gasteiger partial charge on any atom is -0.383 e. The first-order valence-electron chi connectivity index (χ1n) is 7.84. The van der Waals surface area contributed by atoms with Gasteiger partial charge in [0, 0.05) is 25.1 Å². The van der Waals surface area contributed by atoms with E-state index >= 15 is 0 Å². The van der Waals surface area contributed by atoms with Gasteiger partial charge in [-0.2, -0.15) is 0 Å². The molecule has 25 heavy (non-hydrogen) atoms. The Labute approximate surface area is 156 Å². The monoisotopic (exact) mass is 378 g/mol. The van der Waals surface area contributed by atoms with E-state index in [4.69, 9.17) is 4.74 Å². The van der Waals surface area contributed by atoms with Crippen LogP contribution >= 0.6 is 23.5 Å². The molecule has 0 aliphatic carbocycles. The van der Waals surface area contributed by atoms with Crippen molar-refractivity contribution in [2.45, 2.75) is 22.3 Å². The number of allylic oxidation sites excluding steroid dienone is 1. The summed E-state index contributed by atoms with van der Waals surface area (Å²) in [6.45, 7) is 5.42. The third-order valence-corrected chi connectivity index (χ3v) is 5.15. The van der Waals surface area contributed by atoms with Gasteiger partial charge in [-0.25, -0.2) is 0 Å². The van der Waals surface area contributed by atoms with Gasteiger partial charge in [-0.05, 0) is 12.1 Å². The predicted molar refractivity (Wildman–Crippen MR) is 102 cm³/mol. The lowest BCUT2D eigenvalue weighted by atomic mass is 10.4. The number of ether oxygens (including phenoxy) is 1. The predicted octanol–water partition coefficient (Wildman–Crippen LogP) is 2.61. The Balaban J connectivity index is 1.93. The fourth-order valence-corrected chi connectivity index (χ4v) is 3.64. The summed E-state index contributed by atoms with van der Waals surface area (Å²) < 4.78 is 6.91. The van der Waals surface area contributed by atoms with Crippen molar-refractivity contribution in [1.29, 1.82) is 0 Å². The molecule has 1 aromatic carbocycles. The number of aromatic nitrogens is 3. The maximum Gasteiger partial charge on any atom is 0.230 e. The normalized spacial score (nSPS) is 10.6. The summed E-state index contributed by atoms with van der Waals surface area (Å²) in [5.41, 5.74) is 0. The molecular formula is C17H22N4O2S2. The number of hydrogen-bond acceptors (Lipinski definition) is 6. The Bertz CT molecular complexity index is 677. The van der Waals surface area contributed by atoms with Gasteiger partial charge >= 0.3 is 0 Å². The molecule has 0 spiro atoms. The second-order valence-corrected chi connectivity index (χ2v) is 7.02. The number of carbonyl (C=O) groups excluding carboxylic acids is 1. The molecule has 0 bridgehead atoms. The van der Waals surface area contributed by atoms with Crippen LogP contribution in [0.15, 0.2) is 53.0 Å². The number of thioether (sulfide) groups is 2. The largest absolute Gasteiger partial charge is 0.383 e. The molecule has 0 aliphatic heterocycles. The number of nitrogens with zero attached hydrogens (tertiary/aromatic N) is 3. The number of carbonyl (C=O) groups is 1. The Morgan fingerprint density at radius 1 is 1.32 bits per heavy atom. The summed E-state index contributed by atoms with van der Waals surface area (Å²) in [6, 6.07) is 10.2. The number of rotatable bonds is 11. The van der Waals surface area contributed by atoms with E-state index in [-0.39, 0.29) is 5.91 Å². The number of amides is 1. The Kier molecular flexibility index (Phi) is 8.58. The van der Waals surface area contributed by atoms with E-state index < -0.39 is 0 Å². The van der Waals surface area contributed by atoms with E-state index in [1.54, 1.807) is 18.9 Å². The van der Waals surface area contributed by atoms with Crippen LogP contribution in [0.2, 0.25) is 0 Å². The second-order valence-electron chi connectivity index (χ2n) is 5.03. The zero-order valence-corrected chi connectivity index (χ0v) is 15.8. The summed E-state index contributed by atoms with van der Waals surface area (Å²) in [6.07, 6.45) is 1.81. The molecule has 2 aromatic rings. The molecule has 0 saturated heterocycles. The highest BCUT2D eigenvalue weighted by Gasteiger charge is 2.13. The molecule has 0 radical (unpaired) electrons. The topological polar surface area (TPSA) is 69.0 Å². The standard InChI is InChI=1S/C17H22N4O2S2/c1-3-10-21-15(12-24-14-7-5-4-6-8-14)19-20-17(21)25-13-16(22)18-9-11-23-2/h3-8H,1,9-13H2,2H3,(H,18,22). The van der Waals surface area contributed by atoms with Crippen molar-refractivity contribution >= 4 is 29.4 Å². The van der Waals surface area contributed by atoms with Crippen molar-refractivity contribution in [2.75, 3.05) is 26.0 Å². The lowest BCUT2D eigenvalue weighted by molar-refractivity contribution is -0.118. The average molecular weight is 379 g/mol. The van der Waals surface area contributed by atoms with E-state index in [2.05, 4.69) is 34.2 Å². The van der Waals surface area contributed by atoms with Gasteiger partial charge in [-0.3, -0.25) is 4.79 Å². The third kappa shape index (κ3) is 6.56. The van der Waals surface area contributed by atoms with Gasteiger partial charge in [-0.15, -0.1) is 28.5 Å². The zero-order chi connectivity index (χ0) is 17.9. The van der Waals surface area contributed by atoms with Crippen LogP contribution in [-0.4, -0.2) is 46.7 Å². The summed E-state index contributed by atoms with van der Waals surface area (Å²) in [4.78, 5) is 13.0. The Hall–Kier alpha value is -1.77. The summed E-state index contributed by atoms with van der Waals surface area (Å²) in [5, 5.41) is 12.0. The lowest BCUT2D eigenvalue weighted by Crippen LogP contribution is -2.28. The molecule has 0 unspecified atom stereocenters. The Morgan fingerprint density at radius 3 is 2.84 bits per heavy atom. The van der Waals surface area contributed by atoms with Crippen LogP contribution in [0.1, 0.15) is 5.82 Å². The van der Waals surface area contributed by atoms with Crippen LogP contribution < -0.4 is 5.32 Å². The van der Waals surface area contributed by atoms with E-state index in [0.29, 0.717) is 31.2 Å².